The van der Waals surface area contributed by atoms with Crippen molar-refractivity contribution >= 4 is 83.9 Å². The fourth-order valence-electron chi connectivity index (χ4n) is 13.8. The number of aliphatic carboxylic acids is 1. The number of aliphatic hydroxyl groups is 3. The number of carboxylic acid groups (broad SMARTS) is 1. The van der Waals surface area contributed by atoms with Crippen molar-refractivity contribution in [3.8, 4) is 16.9 Å². The smallest absolute Gasteiger partial charge is 0.305 e. The molecule has 7 rings (SSSR count). The minimum absolute atomic E-state index is 0. The highest BCUT2D eigenvalue weighted by atomic mass is 32.1. The van der Waals surface area contributed by atoms with Crippen LogP contribution in [0.2, 0.25) is 0 Å². The number of carbonyl (C=O) groups is 12. The first-order chi connectivity index (χ1) is 53.2. The van der Waals surface area contributed by atoms with E-state index in [1.54, 1.807) is 18.3 Å². The average molecular weight is 1590 g/mol. The zero-order chi connectivity index (χ0) is 82.0. The number of aryl methyl sites for hydroxylation is 4. The van der Waals surface area contributed by atoms with Crippen LogP contribution < -0.4 is 42.8 Å². The van der Waals surface area contributed by atoms with Crippen LogP contribution in [0.3, 0.4) is 0 Å². The Bertz CT molecular complexity index is 4240. The van der Waals surface area contributed by atoms with Gasteiger partial charge in [0.05, 0.1) is 61.6 Å². The van der Waals surface area contributed by atoms with Gasteiger partial charge in [-0.25, -0.2) is 9.37 Å². The fraction of sp³-hybridized carbons (Fsp3) is 0.500. The van der Waals surface area contributed by atoms with E-state index in [9.17, 15) is 78.0 Å². The molecule has 15 N–H and O–H groups in total. The number of ketones is 4. The molecule has 7 amide bonds. The van der Waals surface area contributed by atoms with E-state index >= 15 is 4.39 Å². The highest BCUT2D eigenvalue weighted by molar-refractivity contribution is 7.59. The number of amides is 7. The average Bonchev–Trinajstić information content (AvgIpc) is 1.64. The van der Waals surface area contributed by atoms with Gasteiger partial charge in [-0.15, -0.1) is 10.2 Å². The number of aromatic nitrogens is 6. The van der Waals surface area contributed by atoms with Crippen LogP contribution in [0.4, 0.5) is 4.39 Å². The first-order valence-corrected chi connectivity index (χ1v) is 37.7. The number of likely N-dealkylation sites (tertiary alicyclic amines) is 1. The lowest BCUT2D eigenvalue weighted by molar-refractivity contribution is -0.145. The van der Waals surface area contributed by atoms with Gasteiger partial charge in [-0.2, -0.15) is 18.7 Å². The molecule has 113 heavy (non-hydrogen) atoms. The van der Waals surface area contributed by atoms with Crippen LogP contribution in [0, 0.1) is 42.3 Å². The van der Waals surface area contributed by atoms with Crippen molar-refractivity contribution in [1.29, 1.82) is 0 Å². The topological polar surface area (TPSA) is 494 Å². The summed E-state index contributed by atoms with van der Waals surface area (Å²) in [5, 5.41) is 69.1. The number of unbranched alkanes of at least 4 members (excludes halogenated alkanes) is 1. The van der Waals surface area contributed by atoms with Crippen LogP contribution in [-0.2, 0) is 96.1 Å². The molecule has 612 valence electrons. The number of nitrogens with one attached hydrogen (secondary N) is 7. The first kappa shape index (κ1) is 91.4. The molecule has 0 aliphatic carbocycles. The first-order valence-electron chi connectivity index (χ1n) is 37.7. The van der Waals surface area contributed by atoms with Crippen LogP contribution in [0.15, 0.2) is 97.5 Å². The molecule has 11 atom stereocenters. The van der Waals surface area contributed by atoms with Gasteiger partial charge in [-0.1, -0.05) is 96.9 Å². The molecular formula is C80H107FN14O17S. The number of H-pyrrole nitrogens is 2. The molecule has 1 aliphatic heterocycles. The predicted molar refractivity (Wildman–Crippen MR) is 417 cm³/mol. The summed E-state index contributed by atoms with van der Waals surface area (Å²) in [6.45, 7) is 11.3. The number of Topliss-reactive ketones (excluding diaryl/α,β-unsaturated/α-hetero) is 4. The van der Waals surface area contributed by atoms with Crippen molar-refractivity contribution in [1.82, 2.24) is 62.1 Å². The van der Waals surface area contributed by atoms with Gasteiger partial charge < -0.3 is 73.1 Å². The lowest BCUT2D eigenvalue weighted by Crippen LogP contribution is -2.55. The van der Waals surface area contributed by atoms with Crippen LogP contribution >= 0.6 is 13.5 Å². The molecule has 2 aromatic heterocycles. The third kappa shape index (κ3) is 26.8. The van der Waals surface area contributed by atoms with Gasteiger partial charge in [0.2, 0.25) is 41.4 Å². The third-order valence-electron chi connectivity index (χ3n) is 20.2. The summed E-state index contributed by atoms with van der Waals surface area (Å²) in [6, 6.07) is 16.0. The van der Waals surface area contributed by atoms with Gasteiger partial charge in [0.1, 0.15) is 35.1 Å². The third-order valence-corrected chi connectivity index (χ3v) is 20.2. The molecule has 0 saturated carbocycles. The number of halogens is 1. The Morgan fingerprint density at radius 3 is 2.04 bits per heavy atom. The Morgan fingerprint density at radius 1 is 0.743 bits per heavy atom. The number of carboxylic acids is 1. The minimum atomic E-state index is -2.10. The summed E-state index contributed by atoms with van der Waals surface area (Å²) in [6.07, 6.45) is -2.26. The second-order valence-electron chi connectivity index (χ2n) is 29.5. The Morgan fingerprint density at radius 2 is 1.42 bits per heavy atom. The summed E-state index contributed by atoms with van der Waals surface area (Å²) in [5.74, 6) is -14.8. The van der Waals surface area contributed by atoms with Gasteiger partial charge >= 0.3 is 5.97 Å². The van der Waals surface area contributed by atoms with Crippen molar-refractivity contribution in [2.24, 2.45) is 34.1 Å². The number of tetrazole rings is 1. The summed E-state index contributed by atoms with van der Waals surface area (Å²) in [5.41, 5.74) is 14.9. The van der Waals surface area contributed by atoms with E-state index < -0.39 is 193 Å². The number of carbonyl (C=O) groups excluding carboxylic acids is 11. The van der Waals surface area contributed by atoms with Gasteiger partial charge in [-0.05, 0) is 151 Å². The summed E-state index contributed by atoms with van der Waals surface area (Å²) in [7, 11) is 0. The number of benzene rings is 4. The van der Waals surface area contributed by atoms with E-state index in [1.807, 2.05) is 69.3 Å². The van der Waals surface area contributed by atoms with Crippen molar-refractivity contribution < 1.29 is 87.1 Å². The number of hydrogen-bond donors (Lipinski definition) is 13. The Hall–Kier alpha value is -10.5. The van der Waals surface area contributed by atoms with Crippen molar-refractivity contribution in [3.05, 3.63) is 148 Å². The lowest BCUT2D eigenvalue weighted by atomic mass is 9.76. The fourth-order valence-corrected chi connectivity index (χ4v) is 13.8. The quantitative estimate of drug-likeness (QED) is 0.0192. The van der Waals surface area contributed by atoms with Gasteiger partial charge in [-0.3, -0.25) is 57.5 Å². The summed E-state index contributed by atoms with van der Waals surface area (Å²) < 4.78 is 21.6. The molecule has 0 spiro atoms. The van der Waals surface area contributed by atoms with E-state index in [4.69, 9.17) is 16.2 Å². The largest absolute Gasteiger partial charge is 0.494 e. The molecule has 31 nitrogen and oxygen atoms in total. The second kappa shape index (κ2) is 43.5. The van der Waals surface area contributed by atoms with E-state index in [-0.39, 0.29) is 63.7 Å². The molecule has 4 aromatic carbocycles. The second-order valence-corrected chi connectivity index (χ2v) is 29.5. The maximum absolute atomic E-state index is 15.6. The van der Waals surface area contributed by atoms with Crippen molar-refractivity contribution in [3.63, 3.8) is 0 Å². The molecule has 1 fully saturated rings. The Labute approximate surface area is 662 Å². The number of ether oxygens (including phenoxy) is 1. The highest BCUT2D eigenvalue weighted by Gasteiger charge is 2.50. The molecule has 0 unspecified atom stereocenters. The highest BCUT2D eigenvalue weighted by Crippen LogP contribution is 2.35. The van der Waals surface area contributed by atoms with Crippen LogP contribution in [-0.4, -0.2) is 202 Å². The maximum atomic E-state index is 15.6. The van der Waals surface area contributed by atoms with E-state index in [2.05, 4.69) is 57.2 Å². The molecule has 3 heterocycles. The van der Waals surface area contributed by atoms with Crippen molar-refractivity contribution in [2.75, 3.05) is 32.8 Å². The molecular weight excluding hydrogens is 1480 g/mol. The molecule has 1 saturated heterocycles. The molecule has 33 heteroatoms. The van der Waals surface area contributed by atoms with E-state index in [0.29, 0.717) is 50.1 Å². The number of hydrogen-bond acceptors (Lipinski definition) is 21. The number of rotatable bonds is 48. The van der Waals surface area contributed by atoms with Crippen LogP contribution in [0.5, 0.6) is 5.75 Å². The normalized spacial score (nSPS) is 16.2. The predicted octanol–water partition coefficient (Wildman–Crippen LogP) is 3.27. The number of aliphatic hydroxyl groups excluding tert-OH is 3. The monoisotopic (exact) mass is 1590 g/mol. The van der Waals surface area contributed by atoms with Crippen LogP contribution in [0.25, 0.3) is 11.1 Å². The molecule has 6 aromatic rings. The van der Waals surface area contributed by atoms with E-state index in [0.717, 1.165) is 71.8 Å². The van der Waals surface area contributed by atoms with Crippen LogP contribution in [0.1, 0.15) is 150 Å². The van der Waals surface area contributed by atoms with Gasteiger partial charge in [0.15, 0.2) is 29.0 Å². The summed E-state index contributed by atoms with van der Waals surface area (Å²) in [4.78, 5) is 177. The summed E-state index contributed by atoms with van der Waals surface area (Å²) >= 11 is 0. The standard InChI is InChI=1S/C80H105FN14O17.H2S/c1-8-52-36-58(112-31-12-11-28-82)22-23-59(52)53-20-18-50(19-21-53)35-55(74(107)86-61(73(83)106)17-13-14-51-33-46(2)32-47(3)34-51)37-65(100)63(40-70(104)105)87-75(108)56(44-96)38-66(101)71(48(4)97)90-76(109)79(6,41-54-15-9-10-16-60(54)81)42-67(102)72(49(5)98)89-69(103)25-24-64(99)62(39-68-91-93-94-92-68)88-77(110)80(7)27-30-95(78(80)111)29-26-57-43-84-45-85-57;/h9-10,15-16,18-23,32-34,36,43,45,48-49,55-56,61-63,71-72,96-98H,8,11-14,17,24-31,35,37-42,44,82H2,1-7H3,(H2,83,106)(H,84,85)(H,86,107)(H,87,108)(H,88,110)(H,89,103)(H,90,109)(H,104,105)(H,91,92,93,94);1H2/t48-,49-,55-,56+,61+,62+,63+,71+,72+,79-,80+;/m1./s1. The molecule has 0 bridgehead atoms. The maximum Gasteiger partial charge on any atom is 0.305 e. The Balaban J connectivity index is 0.0000199. The van der Waals surface area contributed by atoms with Gasteiger partial charge in [0.25, 0.3) is 0 Å². The molecule has 0 radical (unpaired) electrons. The SMILES string of the molecule is CCc1cc(OCCCCN)ccc1-c1ccc(C[C@H](CC(=O)[C@H](CC(=O)O)NC(=O)[C@H](CO)CC(=O)[C@@H](NC(=O)[C@@](C)(CC(=O)[C@@H](NC(=O)CCC(=O)[C@H](Cc2nn[nH]n2)NC(=O)[C@]2(C)CCN(CCc3cnc[nH]3)C2=O)[C@@H](C)O)Cc2ccccc2F)[C@@H](C)O)C(=O)N[C@@H](CCCc2cc(C)cc(C)c2)C(N)=O)cc1.S. The number of imidazole rings is 1. The number of aromatic amines is 2. The van der Waals surface area contributed by atoms with E-state index in [1.165, 1.54) is 43.3 Å². The zero-order valence-corrected chi connectivity index (χ0v) is 65.9. The number of nitrogens with zero attached hydrogens (tertiary/aromatic N) is 5. The lowest BCUT2D eigenvalue weighted by Gasteiger charge is -2.33. The van der Waals surface area contributed by atoms with Crippen molar-refractivity contribution in [2.45, 2.75) is 200 Å². The van der Waals surface area contributed by atoms with Gasteiger partial charge in [0, 0.05) is 75.8 Å². The Kier molecular flexibility index (Phi) is 35.2. The zero-order valence-electron chi connectivity index (χ0n) is 64.9. The minimum Gasteiger partial charge on any atom is -0.494 e. The molecule has 1 aliphatic rings. The number of primary amides is 1. The number of nitrogens with two attached hydrogens (primary N) is 2.